The molecule has 0 fully saturated rings. The third-order valence-electron chi connectivity index (χ3n) is 2.86. The summed E-state index contributed by atoms with van der Waals surface area (Å²) in [5.41, 5.74) is 4.26. The molecule has 0 saturated carbocycles. The van der Waals surface area contributed by atoms with Crippen molar-refractivity contribution >= 4 is 16.7 Å². The molecule has 3 heteroatoms. The van der Waals surface area contributed by atoms with Gasteiger partial charge in [-0.3, -0.25) is 0 Å². The van der Waals surface area contributed by atoms with E-state index in [9.17, 15) is 0 Å². The van der Waals surface area contributed by atoms with E-state index in [4.69, 9.17) is 0 Å². The molecule has 0 aromatic carbocycles. The van der Waals surface area contributed by atoms with Crippen LogP contribution in [0.2, 0.25) is 0 Å². The summed E-state index contributed by atoms with van der Waals surface area (Å²) < 4.78 is 0. The van der Waals surface area contributed by atoms with Gasteiger partial charge in [0.25, 0.3) is 0 Å². The van der Waals surface area contributed by atoms with E-state index in [1.54, 1.807) is 0 Å². The molecular weight excluding hydrogens is 198 g/mol. The largest absolute Gasteiger partial charge is 0.323 e. The van der Waals surface area contributed by atoms with Gasteiger partial charge in [-0.05, 0) is 17.5 Å². The van der Waals surface area contributed by atoms with E-state index in [0.717, 1.165) is 22.6 Å². The van der Waals surface area contributed by atoms with Crippen LogP contribution in [0.15, 0.2) is 30.5 Å². The lowest BCUT2D eigenvalue weighted by Crippen LogP contribution is -1.90. The number of rotatable bonds is 2. The van der Waals surface area contributed by atoms with Crippen LogP contribution in [0.5, 0.6) is 0 Å². The Morgan fingerprint density at radius 2 is 2.12 bits per heavy atom. The summed E-state index contributed by atoms with van der Waals surface area (Å²) in [6.07, 6.45) is 7.95. The number of nitrogens with one attached hydrogen (secondary N) is 1. The van der Waals surface area contributed by atoms with E-state index in [0.29, 0.717) is 5.92 Å². The summed E-state index contributed by atoms with van der Waals surface area (Å²) >= 11 is 0. The van der Waals surface area contributed by atoms with Gasteiger partial charge in [0, 0.05) is 11.8 Å². The van der Waals surface area contributed by atoms with Gasteiger partial charge in [-0.2, -0.15) is 0 Å². The molecule has 0 bridgehead atoms. The minimum absolute atomic E-state index is 0.465. The molecular formula is C13H13N3. The van der Waals surface area contributed by atoms with Gasteiger partial charge in [0.1, 0.15) is 11.3 Å². The number of hydrogen-bond donors (Lipinski definition) is 1. The lowest BCUT2D eigenvalue weighted by atomic mass is 10.0. The highest BCUT2D eigenvalue weighted by atomic mass is 15.0. The van der Waals surface area contributed by atoms with Gasteiger partial charge >= 0.3 is 0 Å². The molecule has 80 valence electrons. The van der Waals surface area contributed by atoms with Crippen molar-refractivity contribution in [2.75, 3.05) is 0 Å². The topological polar surface area (TPSA) is 41.6 Å². The Morgan fingerprint density at radius 1 is 1.31 bits per heavy atom. The second-order valence-corrected chi connectivity index (χ2v) is 4.32. The van der Waals surface area contributed by atoms with Gasteiger partial charge in [-0.15, -0.1) is 0 Å². The van der Waals surface area contributed by atoms with E-state index in [1.807, 2.05) is 30.5 Å². The lowest BCUT2D eigenvalue weighted by molar-refractivity contribution is 0.871. The van der Waals surface area contributed by atoms with E-state index >= 15 is 0 Å². The van der Waals surface area contributed by atoms with E-state index < -0.39 is 0 Å². The number of H-pyrrole nitrogens is 1. The molecule has 1 aliphatic rings. The molecule has 0 radical (unpaired) electrons. The Hall–Kier alpha value is -1.90. The van der Waals surface area contributed by atoms with Crippen LogP contribution in [0.4, 0.5) is 0 Å². The van der Waals surface area contributed by atoms with Crippen LogP contribution in [0.3, 0.4) is 0 Å². The van der Waals surface area contributed by atoms with Gasteiger partial charge in [0.15, 0.2) is 5.65 Å². The molecule has 16 heavy (non-hydrogen) atoms. The molecule has 1 aliphatic carbocycles. The first-order valence-corrected chi connectivity index (χ1v) is 5.49. The minimum Gasteiger partial charge on any atom is -0.323 e. The standard InChI is InChI=1S/C13H13N3/c1-8(2)10-6-7-14-13-11(10)15-12(16-13)9-4-3-5-9/h3-8H,1-2H3,(H,14,15,16). The zero-order valence-corrected chi connectivity index (χ0v) is 9.36. The maximum atomic E-state index is 4.62. The van der Waals surface area contributed by atoms with E-state index in [1.165, 1.54) is 5.56 Å². The predicted molar refractivity (Wildman–Crippen MR) is 65.1 cm³/mol. The summed E-state index contributed by atoms with van der Waals surface area (Å²) in [5.74, 6) is 1.38. The van der Waals surface area contributed by atoms with Crippen LogP contribution in [0, 0.1) is 0 Å². The molecule has 0 unspecified atom stereocenters. The molecule has 3 nitrogen and oxygen atoms in total. The van der Waals surface area contributed by atoms with Gasteiger partial charge in [-0.25, -0.2) is 9.97 Å². The molecule has 0 saturated heterocycles. The summed E-state index contributed by atoms with van der Waals surface area (Å²) in [7, 11) is 0. The van der Waals surface area contributed by atoms with Crippen molar-refractivity contribution in [3.8, 4) is 0 Å². The molecule has 0 spiro atoms. The highest BCUT2D eigenvalue weighted by molar-refractivity contribution is 5.84. The van der Waals surface area contributed by atoms with Crippen molar-refractivity contribution in [1.82, 2.24) is 15.0 Å². The number of allylic oxidation sites excluding steroid dienone is 4. The average molecular weight is 211 g/mol. The molecule has 2 heterocycles. The van der Waals surface area contributed by atoms with Gasteiger partial charge in [0.2, 0.25) is 0 Å². The average Bonchev–Trinajstić information content (AvgIpc) is 2.56. The number of aromatic nitrogens is 3. The Kier molecular flexibility index (Phi) is 1.93. The fourth-order valence-electron chi connectivity index (χ4n) is 1.88. The smallest absolute Gasteiger partial charge is 0.157 e. The van der Waals surface area contributed by atoms with Crippen molar-refractivity contribution in [1.29, 1.82) is 0 Å². The van der Waals surface area contributed by atoms with Crippen molar-refractivity contribution < 1.29 is 0 Å². The van der Waals surface area contributed by atoms with Crippen LogP contribution in [-0.2, 0) is 0 Å². The molecule has 0 aliphatic heterocycles. The molecule has 1 N–H and O–H groups in total. The molecule has 3 rings (SSSR count). The number of imidazole rings is 1. The molecule has 2 aromatic rings. The predicted octanol–water partition coefficient (Wildman–Crippen LogP) is 3.03. The Labute approximate surface area is 93.9 Å². The summed E-state index contributed by atoms with van der Waals surface area (Å²) in [4.78, 5) is 12.2. The number of hydrogen-bond acceptors (Lipinski definition) is 2. The van der Waals surface area contributed by atoms with E-state index in [2.05, 4.69) is 28.8 Å². The third kappa shape index (κ3) is 1.28. The van der Waals surface area contributed by atoms with Crippen molar-refractivity contribution in [3.63, 3.8) is 0 Å². The molecule has 2 aromatic heterocycles. The normalized spacial score (nSPS) is 14.3. The minimum atomic E-state index is 0.465. The summed E-state index contributed by atoms with van der Waals surface area (Å²) in [6, 6.07) is 2.04. The number of aromatic amines is 1. The fourth-order valence-corrected chi connectivity index (χ4v) is 1.88. The quantitative estimate of drug-likeness (QED) is 0.829. The Bertz CT molecular complexity index is 603. The SMILES string of the molecule is CC(C)c1ccnc2[nH]c(C3=CC=C3)nc12. The third-order valence-corrected chi connectivity index (χ3v) is 2.86. The summed E-state index contributed by atoms with van der Waals surface area (Å²) in [5, 5.41) is 0. The second-order valence-electron chi connectivity index (χ2n) is 4.32. The first-order chi connectivity index (χ1) is 7.75. The Morgan fingerprint density at radius 3 is 2.75 bits per heavy atom. The highest BCUT2D eigenvalue weighted by Crippen LogP contribution is 2.26. The van der Waals surface area contributed by atoms with Crippen LogP contribution in [0.25, 0.3) is 16.7 Å². The van der Waals surface area contributed by atoms with Gasteiger partial charge in [-0.1, -0.05) is 32.1 Å². The lowest BCUT2D eigenvalue weighted by Gasteiger charge is -2.04. The van der Waals surface area contributed by atoms with E-state index in [-0.39, 0.29) is 0 Å². The Balaban J connectivity index is 2.20. The van der Waals surface area contributed by atoms with Crippen LogP contribution >= 0.6 is 0 Å². The fraction of sp³-hybridized carbons (Fsp3) is 0.231. The highest BCUT2D eigenvalue weighted by Gasteiger charge is 2.13. The van der Waals surface area contributed by atoms with Crippen LogP contribution in [-0.4, -0.2) is 15.0 Å². The first-order valence-electron chi connectivity index (χ1n) is 5.49. The van der Waals surface area contributed by atoms with Gasteiger partial charge < -0.3 is 4.98 Å². The maximum absolute atomic E-state index is 4.62. The second kappa shape index (κ2) is 3.30. The zero-order valence-electron chi connectivity index (χ0n) is 9.36. The van der Waals surface area contributed by atoms with Crippen molar-refractivity contribution in [3.05, 3.63) is 41.9 Å². The maximum Gasteiger partial charge on any atom is 0.157 e. The molecule has 0 atom stereocenters. The zero-order chi connectivity index (χ0) is 11.1. The number of pyridine rings is 1. The molecule has 0 amide bonds. The van der Waals surface area contributed by atoms with Crippen molar-refractivity contribution in [2.45, 2.75) is 19.8 Å². The monoisotopic (exact) mass is 211 g/mol. The first kappa shape index (κ1) is 9.33. The van der Waals surface area contributed by atoms with Crippen molar-refractivity contribution in [2.24, 2.45) is 0 Å². The number of fused-ring (bicyclic) bond motifs is 1. The summed E-state index contributed by atoms with van der Waals surface area (Å²) in [6.45, 7) is 4.34. The van der Waals surface area contributed by atoms with Crippen LogP contribution in [0.1, 0.15) is 31.2 Å². The van der Waals surface area contributed by atoms with Gasteiger partial charge in [0.05, 0.1) is 0 Å². The number of nitrogens with zero attached hydrogens (tertiary/aromatic N) is 2. The van der Waals surface area contributed by atoms with Crippen LogP contribution < -0.4 is 0 Å².